The minimum absolute atomic E-state index is 0.248. The summed E-state index contributed by atoms with van der Waals surface area (Å²) in [6.07, 6.45) is 1.21. The van der Waals surface area contributed by atoms with Crippen LogP contribution >= 0.6 is 0 Å². The van der Waals surface area contributed by atoms with Crippen LogP contribution in [0.25, 0.3) is 0 Å². The van der Waals surface area contributed by atoms with Gasteiger partial charge in [-0.25, -0.2) is 14.2 Å². The number of nitrogens with one attached hydrogen (secondary N) is 1. The number of nitrogens with zero attached hydrogens (tertiary/aromatic N) is 1. The molecule has 0 fully saturated rings. The highest BCUT2D eigenvalue weighted by atomic mass is 19.2. The first-order valence-electron chi connectivity index (χ1n) is 8.85. The second kappa shape index (κ2) is 10.2. The molecule has 0 saturated heterocycles. The quantitative estimate of drug-likeness (QED) is 0.519. The van der Waals surface area contributed by atoms with Gasteiger partial charge in [-0.2, -0.15) is 5.10 Å². The maximum Gasteiger partial charge on any atom is 0.271 e. The Morgan fingerprint density at radius 1 is 0.964 bits per heavy atom. The molecule has 1 amide bonds. The van der Waals surface area contributed by atoms with Crippen LogP contribution < -0.4 is 19.6 Å². The molecule has 0 heterocycles. The third-order valence-corrected chi connectivity index (χ3v) is 3.49. The van der Waals surface area contributed by atoms with E-state index < -0.39 is 17.5 Å². The number of carbonyl (C=O) groups is 1. The van der Waals surface area contributed by atoms with Crippen LogP contribution in [0, 0.1) is 11.6 Å². The summed E-state index contributed by atoms with van der Waals surface area (Å²) in [6, 6.07) is 6.35. The van der Waals surface area contributed by atoms with Gasteiger partial charge in [0.15, 0.2) is 23.1 Å². The number of amides is 1. The molecule has 0 spiro atoms. The molecule has 2 aromatic carbocycles. The topological polar surface area (TPSA) is 69.2 Å². The lowest BCUT2D eigenvalue weighted by molar-refractivity contribution is 0.0954. The van der Waals surface area contributed by atoms with Crippen molar-refractivity contribution >= 4 is 12.1 Å². The lowest BCUT2D eigenvalue weighted by atomic mass is 10.1. The Bertz CT molecular complexity index is 829. The number of rotatable bonds is 9. The van der Waals surface area contributed by atoms with Crippen molar-refractivity contribution in [2.45, 2.75) is 20.8 Å². The SMILES string of the molecule is CCOc1cc(C(=O)N/N=C/c2ccc(F)c(F)c2)cc(OCC)c1OCC. The zero-order chi connectivity index (χ0) is 20.5. The Labute approximate surface area is 162 Å². The molecular weight excluding hydrogens is 370 g/mol. The molecule has 0 aliphatic heterocycles. The van der Waals surface area contributed by atoms with Gasteiger partial charge in [0, 0.05) is 5.56 Å². The van der Waals surface area contributed by atoms with Gasteiger partial charge in [0.05, 0.1) is 26.0 Å². The zero-order valence-electron chi connectivity index (χ0n) is 15.9. The Morgan fingerprint density at radius 2 is 1.57 bits per heavy atom. The van der Waals surface area contributed by atoms with Crippen LogP contribution in [-0.4, -0.2) is 31.9 Å². The molecule has 0 aromatic heterocycles. The Kier molecular flexibility index (Phi) is 7.74. The van der Waals surface area contributed by atoms with Gasteiger partial charge in [-0.1, -0.05) is 6.07 Å². The van der Waals surface area contributed by atoms with Crippen LogP contribution in [0.5, 0.6) is 17.2 Å². The summed E-state index contributed by atoms with van der Waals surface area (Å²) in [5.41, 5.74) is 2.88. The maximum absolute atomic E-state index is 13.2. The highest BCUT2D eigenvalue weighted by molar-refractivity contribution is 5.96. The van der Waals surface area contributed by atoms with Crippen LogP contribution in [0.15, 0.2) is 35.4 Å². The summed E-state index contributed by atoms with van der Waals surface area (Å²) < 4.78 is 42.9. The van der Waals surface area contributed by atoms with E-state index in [1.165, 1.54) is 24.4 Å². The van der Waals surface area contributed by atoms with Crippen LogP contribution in [0.1, 0.15) is 36.7 Å². The number of halogens is 2. The summed E-state index contributed by atoms with van der Waals surface area (Å²) >= 11 is 0. The number of ether oxygens (including phenoxy) is 3. The number of hydrogen-bond donors (Lipinski definition) is 1. The molecule has 1 N–H and O–H groups in total. The van der Waals surface area contributed by atoms with E-state index in [2.05, 4.69) is 10.5 Å². The molecule has 2 aromatic rings. The monoisotopic (exact) mass is 392 g/mol. The average Bonchev–Trinajstić information content (AvgIpc) is 2.67. The van der Waals surface area contributed by atoms with Crippen molar-refractivity contribution in [3.8, 4) is 17.2 Å². The standard InChI is InChI=1S/C20H22F2N2O4/c1-4-26-17-10-14(11-18(27-5-2)19(17)28-6-3)20(25)24-23-12-13-7-8-15(21)16(22)9-13/h7-12H,4-6H2,1-3H3,(H,24,25)/b23-12+. The first-order chi connectivity index (χ1) is 13.5. The largest absolute Gasteiger partial charge is 0.490 e. The lowest BCUT2D eigenvalue weighted by Gasteiger charge is -2.16. The van der Waals surface area contributed by atoms with Gasteiger partial charge in [-0.05, 0) is 50.6 Å². The van der Waals surface area contributed by atoms with Crippen LogP contribution in [0.3, 0.4) is 0 Å². The summed E-state index contributed by atoms with van der Waals surface area (Å²) in [5, 5.41) is 3.77. The summed E-state index contributed by atoms with van der Waals surface area (Å²) in [7, 11) is 0. The second-order valence-electron chi connectivity index (χ2n) is 5.47. The van der Waals surface area contributed by atoms with Crippen molar-refractivity contribution in [1.82, 2.24) is 5.43 Å². The Balaban J connectivity index is 2.23. The number of carbonyl (C=O) groups excluding carboxylic acids is 1. The van der Waals surface area contributed by atoms with Gasteiger partial charge in [0.25, 0.3) is 5.91 Å². The van der Waals surface area contributed by atoms with Gasteiger partial charge < -0.3 is 14.2 Å². The van der Waals surface area contributed by atoms with Crippen LogP contribution in [0.2, 0.25) is 0 Å². The molecule has 0 radical (unpaired) electrons. The third-order valence-electron chi connectivity index (χ3n) is 3.49. The first-order valence-corrected chi connectivity index (χ1v) is 8.85. The Morgan fingerprint density at radius 3 is 2.11 bits per heavy atom. The zero-order valence-corrected chi connectivity index (χ0v) is 15.9. The fourth-order valence-corrected chi connectivity index (χ4v) is 2.34. The molecule has 8 heteroatoms. The predicted octanol–water partition coefficient (Wildman–Crippen LogP) is 3.92. The first kappa shape index (κ1) is 21.1. The molecule has 0 unspecified atom stereocenters. The van der Waals surface area contributed by atoms with Crippen LogP contribution in [-0.2, 0) is 0 Å². The normalized spacial score (nSPS) is 10.8. The van der Waals surface area contributed by atoms with Crippen LogP contribution in [0.4, 0.5) is 8.78 Å². The highest BCUT2D eigenvalue weighted by Crippen LogP contribution is 2.39. The number of benzene rings is 2. The van der Waals surface area contributed by atoms with Gasteiger partial charge in [0.2, 0.25) is 5.75 Å². The summed E-state index contributed by atoms with van der Waals surface area (Å²) in [5.74, 6) is -1.29. The minimum atomic E-state index is -0.996. The van der Waals surface area contributed by atoms with E-state index in [1.807, 2.05) is 20.8 Å². The number of hydrazone groups is 1. The van der Waals surface area contributed by atoms with Crippen molar-refractivity contribution in [1.29, 1.82) is 0 Å². The fraction of sp³-hybridized carbons (Fsp3) is 0.300. The van der Waals surface area contributed by atoms with E-state index in [9.17, 15) is 13.6 Å². The molecule has 6 nitrogen and oxygen atoms in total. The summed E-state index contributed by atoms with van der Waals surface area (Å²) in [6.45, 7) is 6.63. The van der Waals surface area contributed by atoms with Crippen molar-refractivity contribution < 1.29 is 27.8 Å². The maximum atomic E-state index is 13.2. The van der Waals surface area contributed by atoms with Gasteiger partial charge in [0.1, 0.15) is 0 Å². The van der Waals surface area contributed by atoms with Crippen molar-refractivity contribution in [2.75, 3.05) is 19.8 Å². The predicted molar refractivity (Wildman–Crippen MR) is 101 cm³/mol. The average molecular weight is 392 g/mol. The molecule has 0 atom stereocenters. The second-order valence-corrected chi connectivity index (χ2v) is 5.47. The van der Waals surface area contributed by atoms with E-state index >= 15 is 0 Å². The lowest BCUT2D eigenvalue weighted by Crippen LogP contribution is -2.18. The molecule has 28 heavy (non-hydrogen) atoms. The van der Waals surface area contributed by atoms with E-state index in [-0.39, 0.29) is 5.56 Å². The Hall–Kier alpha value is -3.16. The molecule has 0 saturated carbocycles. The van der Waals surface area contributed by atoms with E-state index in [4.69, 9.17) is 14.2 Å². The smallest absolute Gasteiger partial charge is 0.271 e. The molecule has 0 aliphatic carbocycles. The van der Waals surface area contributed by atoms with E-state index in [0.717, 1.165) is 12.1 Å². The molecule has 0 aliphatic rings. The van der Waals surface area contributed by atoms with E-state index in [0.29, 0.717) is 42.6 Å². The highest BCUT2D eigenvalue weighted by Gasteiger charge is 2.18. The van der Waals surface area contributed by atoms with Crippen molar-refractivity contribution in [3.05, 3.63) is 53.1 Å². The minimum Gasteiger partial charge on any atom is -0.490 e. The summed E-state index contributed by atoms with van der Waals surface area (Å²) in [4.78, 5) is 12.4. The van der Waals surface area contributed by atoms with Gasteiger partial charge >= 0.3 is 0 Å². The molecule has 2 rings (SSSR count). The van der Waals surface area contributed by atoms with Gasteiger partial charge in [-0.3, -0.25) is 4.79 Å². The third kappa shape index (κ3) is 5.42. The van der Waals surface area contributed by atoms with Crippen molar-refractivity contribution in [3.63, 3.8) is 0 Å². The van der Waals surface area contributed by atoms with Gasteiger partial charge in [-0.15, -0.1) is 0 Å². The number of hydrogen-bond acceptors (Lipinski definition) is 5. The van der Waals surface area contributed by atoms with E-state index in [1.54, 1.807) is 0 Å². The fourth-order valence-electron chi connectivity index (χ4n) is 2.34. The van der Waals surface area contributed by atoms with Crippen molar-refractivity contribution in [2.24, 2.45) is 5.10 Å². The molecular formula is C20H22F2N2O4. The molecule has 0 bridgehead atoms. The molecule has 150 valence electrons.